The van der Waals surface area contributed by atoms with Gasteiger partial charge in [-0.15, -0.1) is 0 Å². The van der Waals surface area contributed by atoms with Gasteiger partial charge in [-0.1, -0.05) is 6.08 Å². The molecule has 0 radical (unpaired) electrons. The van der Waals surface area contributed by atoms with Gasteiger partial charge >= 0.3 is 0 Å². The summed E-state index contributed by atoms with van der Waals surface area (Å²) in [5, 5.41) is 8.66. The fourth-order valence-electron chi connectivity index (χ4n) is 0.753. The minimum atomic E-state index is 0.268. The van der Waals surface area contributed by atoms with E-state index in [-0.39, 0.29) is 6.61 Å². The third-order valence-corrected chi connectivity index (χ3v) is 1.54. The number of aliphatic hydroxyl groups excluding tert-OH is 1. The Kier molecular flexibility index (Phi) is 4.32. The molecule has 0 rings (SSSR count). The Morgan fingerprint density at radius 1 is 1.40 bits per heavy atom. The van der Waals surface area contributed by atoms with E-state index in [9.17, 15) is 0 Å². The second kappa shape index (κ2) is 4.47. The molecule has 0 amide bonds. The minimum Gasteiger partial charge on any atom is -0.391 e. The number of quaternary nitrogens is 1. The zero-order valence-electron chi connectivity index (χ0n) is 7.17. The number of rotatable bonds is 4. The first-order valence-electron chi connectivity index (χ1n) is 3.66. The largest absolute Gasteiger partial charge is 0.391 e. The van der Waals surface area contributed by atoms with Crippen LogP contribution in [0.2, 0.25) is 0 Å². The van der Waals surface area contributed by atoms with Gasteiger partial charge in [-0.05, 0) is 13.0 Å². The van der Waals surface area contributed by atoms with E-state index in [0.29, 0.717) is 0 Å². The summed E-state index contributed by atoms with van der Waals surface area (Å²) in [6, 6.07) is 0. The van der Waals surface area contributed by atoms with E-state index in [1.165, 1.54) is 0 Å². The van der Waals surface area contributed by atoms with Crippen LogP contribution < -0.4 is 0 Å². The molecule has 0 saturated heterocycles. The first-order chi connectivity index (χ1) is 4.62. The highest BCUT2D eigenvalue weighted by atomic mass is 16.3. The first kappa shape index (κ1) is 9.66. The molecule has 0 aliphatic heterocycles. The second-order valence-corrected chi connectivity index (χ2v) is 3.13. The van der Waals surface area contributed by atoms with E-state index in [1.54, 1.807) is 0 Å². The highest BCUT2D eigenvalue weighted by Crippen LogP contribution is 1.95. The number of hydrogen-bond acceptors (Lipinski definition) is 1. The van der Waals surface area contributed by atoms with E-state index in [2.05, 4.69) is 20.2 Å². The van der Waals surface area contributed by atoms with Crippen molar-refractivity contribution in [3.05, 3.63) is 12.2 Å². The quantitative estimate of drug-likeness (QED) is 0.453. The van der Waals surface area contributed by atoms with Crippen LogP contribution in [0.5, 0.6) is 0 Å². The SMILES string of the molecule is C/C=C/C[N+](C)(C)CCO. The van der Waals surface area contributed by atoms with Crippen molar-refractivity contribution >= 4 is 0 Å². The van der Waals surface area contributed by atoms with Crippen LogP contribution in [0.25, 0.3) is 0 Å². The van der Waals surface area contributed by atoms with E-state index in [0.717, 1.165) is 17.6 Å². The van der Waals surface area contributed by atoms with Gasteiger partial charge < -0.3 is 9.59 Å². The summed E-state index contributed by atoms with van der Waals surface area (Å²) in [7, 11) is 4.21. The number of allylic oxidation sites excluding steroid dienone is 1. The third-order valence-electron chi connectivity index (χ3n) is 1.54. The van der Waals surface area contributed by atoms with Crippen molar-refractivity contribution in [2.24, 2.45) is 0 Å². The van der Waals surface area contributed by atoms with Crippen LogP contribution in [0.15, 0.2) is 12.2 Å². The fourth-order valence-corrected chi connectivity index (χ4v) is 0.753. The number of aliphatic hydroxyl groups is 1. The summed E-state index contributed by atoms with van der Waals surface area (Å²) in [5.74, 6) is 0. The van der Waals surface area contributed by atoms with Gasteiger partial charge in [0.05, 0.1) is 27.2 Å². The van der Waals surface area contributed by atoms with Gasteiger partial charge in [0.2, 0.25) is 0 Å². The lowest BCUT2D eigenvalue weighted by Gasteiger charge is -2.27. The van der Waals surface area contributed by atoms with Gasteiger partial charge in [-0.25, -0.2) is 0 Å². The molecule has 0 atom stereocenters. The minimum absolute atomic E-state index is 0.268. The van der Waals surface area contributed by atoms with E-state index >= 15 is 0 Å². The standard InChI is InChI=1S/C8H18NO/c1-4-5-6-9(2,3)7-8-10/h4-5,10H,6-8H2,1-3H3/q+1/b5-4+. The Balaban J connectivity index is 3.62. The Morgan fingerprint density at radius 3 is 2.40 bits per heavy atom. The molecule has 0 aromatic carbocycles. The predicted octanol–water partition coefficient (Wildman–Crippen LogP) is 0.631. The van der Waals surface area contributed by atoms with E-state index in [1.807, 2.05) is 13.0 Å². The number of nitrogens with zero attached hydrogens (tertiary/aromatic N) is 1. The van der Waals surface area contributed by atoms with Crippen LogP contribution in [-0.4, -0.2) is 43.4 Å². The zero-order valence-corrected chi connectivity index (χ0v) is 7.17. The molecular weight excluding hydrogens is 126 g/mol. The van der Waals surface area contributed by atoms with Gasteiger partial charge in [0.15, 0.2) is 0 Å². The maximum atomic E-state index is 8.66. The molecule has 0 aliphatic carbocycles. The van der Waals surface area contributed by atoms with Crippen molar-refractivity contribution in [2.75, 3.05) is 33.8 Å². The summed E-state index contributed by atoms with van der Waals surface area (Å²) in [6.07, 6.45) is 4.16. The molecule has 2 nitrogen and oxygen atoms in total. The second-order valence-electron chi connectivity index (χ2n) is 3.13. The zero-order chi connectivity index (χ0) is 8.04. The summed E-state index contributed by atoms with van der Waals surface area (Å²) in [5.41, 5.74) is 0. The van der Waals surface area contributed by atoms with Gasteiger partial charge in [-0.2, -0.15) is 0 Å². The Hall–Kier alpha value is -0.340. The van der Waals surface area contributed by atoms with Crippen LogP contribution >= 0.6 is 0 Å². The lowest BCUT2D eigenvalue weighted by molar-refractivity contribution is -0.884. The van der Waals surface area contributed by atoms with Crippen LogP contribution in [0.3, 0.4) is 0 Å². The Bertz CT molecular complexity index is 108. The molecule has 10 heavy (non-hydrogen) atoms. The molecular formula is C8H18NO+. The van der Waals surface area contributed by atoms with Gasteiger partial charge in [0, 0.05) is 0 Å². The first-order valence-corrected chi connectivity index (χ1v) is 3.66. The molecule has 0 spiro atoms. The molecule has 0 aliphatic rings. The third kappa shape index (κ3) is 4.53. The lowest BCUT2D eigenvalue weighted by Crippen LogP contribution is -2.41. The smallest absolute Gasteiger partial charge is 0.102 e. The molecule has 0 aromatic rings. The van der Waals surface area contributed by atoms with Gasteiger partial charge in [0.1, 0.15) is 6.54 Å². The van der Waals surface area contributed by atoms with E-state index < -0.39 is 0 Å². The van der Waals surface area contributed by atoms with Crippen LogP contribution in [0.4, 0.5) is 0 Å². The average molecular weight is 144 g/mol. The van der Waals surface area contributed by atoms with Gasteiger partial charge in [0.25, 0.3) is 0 Å². The van der Waals surface area contributed by atoms with Crippen molar-refractivity contribution in [1.29, 1.82) is 0 Å². The van der Waals surface area contributed by atoms with E-state index in [4.69, 9.17) is 5.11 Å². The normalized spacial score (nSPS) is 12.8. The highest BCUT2D eigenvalue weighted by molar-refractivity contribution is 4.75. The van der Waals surface area contributed by atoms with Crippen LogP contribution in [0.1, 0.15) is 6.92 Å². The summed E-state index contributed by atoms with van der Waals surface area (Å²) in [6.45, 7) is 4.10. The fraction of sp³-hybridized carbons (Fsp3) is 0.750. The lowest BCUT2D eigenvalue weighted by atomic mass is 10.4. The molecule has 2 heteroatoms. The molecule has 0 aromatic heterocycles. The molecule has 0 heterocycles. The molecule has 60 valence electrons. The van der Waals surface area contributed by atoms with Crippen LogP contribution in [0, 0.1) is 0 Å². The Morgan fingerprint density at radius 2 is 2.00 bits per heavy atom. The highest BCUT2D eigenvalue weighted by Gasteiger charge is 2.09. The van der Waals surface area contributed by atoms with Crippen LogP contribution in [-0.2, 0) is 0 Å². The van der Waals surface area contributed by atoms with Crippen molar-refractivity contribution in [3.63, 3.8) is 0 Å². The number of likely N-dealkylation sites (N-methyl/N-ethyl adjacent to an activating group) is 1. The maximum Gasteiger partial charge on any atom is 0.102 e. The summed E-state index contributed by atoms with van der Waals surface area (Å²) >= 11 is 0. The molecule has 0 unspecified atom stereocenters. The van der Waals surface area contributed by atoms with Crippen molar-refractivity contribution in [2.45, 2.75) is 6.92 Å². The van der Waals surface area contributed by atoms with Crippen molar-refractivity contribution < 1.29 is 9.59 Å². The van der Waals surface area contributed by atoms with Crippen molar-refractivity contribution in [3.8, 4) is 0 Å². The topological polar surface area (TPSA) is 20.2 Å². The molecule has 0 saturated carbocycles. The summed E-state index contributed by atoms with van der Waals surface area (Å²) in [4.78, 5) is 0. The maximum absolute atomic E-state index is 8.66. The molecule has 1 N–H and O–H groups in total. The molecule has 0 fully saturated rings. The molecule has 0 bridgehead atoms. The Labute approximate surface area is 63.4 Å². The predicted molar refractivity (Wildman–Crippen MR) is 43.7 cm³/mol. The monoisotopic (exact) mass is 144 g/mol. The summed E-state index contributed by atoms with van der Waals surface area (Å²) < 4.78 is 0.862. The van der Waals surface area contributed by atoms with Crippen molar-refractivity contribution in [1.82, 2.24) is 0 Å². The average Bonchev–Trinajstić information content (AvgIpc) is 1.84. The van der Waals surface area contributed by atoms with Gasteiger partial charge in [-0.3, -0.25) is 0 Å². The number of hydrogen-bond donors (Lipinski definition) is 1.